The second-order valence-corrected chi connectivity index (χ2v) is 4.52. The molecule has 0 aliphatic heterocycles. The van der Waals surface area contributed by atoms with E-state index in [-0.39, 0.29) is 0 Å². The number of hydrogen-bond donors (Lipinski definition) is 1. The normalized spacial score (nSPS) is 22.2. The first-order chi connectivity index (χ1) is 8.34. The minimum atomic E-state index is 0.485. The molecule has 86 valence electrons. The van der Waals surface area contributed by atoms with Crippen molar-refractivity contribution in [3.05, 3.63) is 53.9 Å². The predicted octanol–water partition coefficient (Wildman–Crippen LogP) is 2.75. The zero-order valence-corrected chi connectivity index (χ0v) is 9.80. The summed E-state index contributed by atoms with van der Waals surface area (Å²) in [5.41, 5.74) is 2.82. The topological polar surface area (TPSA) is 37.8 Å². The number of hydrogen-bond acceptors (Lipinski definition) is 3. The van der Waals surface area contributed by atoms with Gasteiger partial charge in [-0.05, 0) is 30.5 Å². The van der Waals surface area contributed by atoms with E-state index in [1.807, 2.05) is 6.07 Å². The first-order valence-electron chi connectivity index (χ1n) is 5.93. The molecule has 3 rings (SSSR count). The highest BCUT2D eigenvalue weighted by molar-refractivity contribution is 5.40. The first kappa shape index (κ1) is 10.3. The van der Waals surface area contributed by atoms with Gasteiger partial charge in [-0.1, -0.05) is 24.3 Å². The zero-order valence-electron chi connectivity index (χ0n) is 9.80. The lowest BCUT2D eigenvalue weighted by Gasteiger charge is -2.06. The molecule has 2 atom stereocenters. The van der Waals surface area contributed by atoms with Gasteiger partial charge in [0.05, 0.1) is 0 Å². The van der Waals surface area contributed by atoms with Crippen LogP contribution >= 0.6 is 0 Å². The van der Waals surface area contributed by atoms with E-state index in [1.165, 1.54) is 17.5 Å². The van der Waals surface area contributed by atoms with Gasteiger partial charge in [0.15, 0.2) is 0 Å². The van der Waals surface area contributed by atoms with Gasteiger partial charge in [0.2, 0.25) is 5.95 Å². The molecule has 0 bridgehead atoms. The summed E-state index contributed by atoms with van der Waals surface area (Å²) in [5, 5.41) is 3.37. The summed E-state index contributed by atoms with van der Waals surface area (Å²) in [6.07, 6.45) is 4.70. The molecule has 3 heteroatoms. The van der Waals surface area contributed by atoms with E-state index < -0.39 is 0 Å². The Balaban J connectivity index is 1.70. The van der Waals surface area contributed by atoms with Crippen molar-refractivity contribution in [3.63, 3.8) is 0 Å². The molecule has 1 saturated carbocycles. The van der Waals surface area contributed by atoms with Crippen LogP contribution in [0.25, 0.3) is 0 Å². The molecule has 3 nitrogen and oxygen atoms in total. The van der Waals surface area contributed by atoms with Crippen molar-refractivity contribution in [3.8, 4) is 0 Å². The van der Waals surface area contributed by atoms with Crippen LogP contribution in [0.15, 0.2) is 42.7 Å². The van der Waals surface area contributed by atoms with Gasteiger partial charge < -0.3 is 5.32 Å². The van der Waals surface area contributed by atoms with Crippen molar-refractivity contribution in [2.24, 2.45) is 0 Å². The largest absolute Gasteiger partial charge is 0.351 e. The fourth-order valence-corrected chi connectivity index (χ4v) is 2.24. The average Bonchev–Trinajstić information content (AvgIpc) is 3.10. The monoisotopic (exact) mass is 225 g/mol. The fourth-order valence-electron chi connectivity index (χ4n) is 2.24. The molecule has 1 aliphatic rings. The molecule has 0 saturated heterocycles. The summed E-state index contributed by atoms with van der Waals surface area (Å²) in [7, 11) is 0. The van der Waals surface area contributed by atoms with Crippen LogP contribution in [-0.4, -0.2) is 16.0 Å². The summed E-state index contributed by atoms with van der Waals surface area (Å²) in [6.45, 7) is 2.17. The van der Waals surface area contributed by atoms with E-state index in [9.17, 15) is 0 Å². The molecule has 1 aliphatic carbocycles. The van der Waals surface area contributed by atoms with Crippen molar-refractivity contribution in [2.45, 2.75) is 25.3 Å². The van der Waals surface area contributed by atoms with E-state index in [0.29, 0.717) is 12.0 Å². The van der Waals surface area contributed by atoms with Crippen LogP contribution in [0.1, 0.15) is 23.5 Å². The highest BCUT2D eigenvalue weighted by atomic mass is 15.1. The minimum absolute atomic E-state index is 0.485. The number of rotatable bonds is 3. The standard InChI is InChI=1S/C14H15N3/c1-10-5-2-3-6-11(10)12-9-13(12)17-14-15-7-4-8-16-14/h2-8,12-13H,9H2,1H3,(H,15,16,17). The maximum absolute atomic E-state index is 4.19. The van der Waals surface area contributed by atoms with E-state index in [1.54, 1.807) is 12.4 Å². The number of nitrogens with one attached hydrogen (secondary N) is 1. The molecule has 1 N–H and O–H groups in total. The predicted molar refractivity (Wildman–Crippen MR) is 68.0 cm³/mol. The summed E-state index contributed by atoms with van der Waals surface area (Å²) in [6, 6.07) is 10.9. The maximum Gasteiger partial charge on any atom is 0.222 e. The van der Waals surface area contributed by atoms with Crippen LogP contribution in [0, 0.1) is 6.92 Å². The van der Waals surface area contributed by atoms with Gasteiger partial charge in [-0.25, -0.2) is 9.97 Å². The molecule has 1 fully saturated rings. The maximum atomic E-state index is 4.19. The van der Waals surface area contributed by atoms with Gasteiger partial charge in [0.1, 0.15) is 0 Å². The lowest BCUT2D eigenvalue weighted by atomic mass is 10.0. The van der Waals surface area contributed by atoms with Crippen molar-refractivity contribution in [1.82, 2.24) is 9.97 Å². The third kappa shape index (κ3) is 2.13. The zero-order chi connectivity index (χ0) is 11.7. The summed E-state index contributed by atoms with van der Waals surface area (Å²) in [5.74, 6) is 1.34. The molecule has 0 amide bonds. The molecule has 0 spiro atoms. The minimum Gasteiger partial charge on any atom is -0.351 e. The second kappa shape index (κ2) is 4.17. The third-order valence-corrected chi connectivity index (χ3v) is 3.26. The van der Waals surface area contributed by atoms with Crippen LogP contribution in [0.2, 0.25) is 0 Å². The molecular weight excluding hydrogens is 210 g/mol. The molecule has 2 unspecified atom stereocenters. The Morgan fingerprint density at radius 2 is 1.88 bits per heavy atom. The number of nitrogens with zero attached hydrogens (tertiary/aromatic N) is 2. The molecule has 1 aromatic carbocycles. The van der Waals surface area contributed by atoms with Crippen LogP contribution in [0.4, 0.5) is 5.95 Å². The number of anilines is 1. The summed E-state index contributed by atoms with van der Waals surface area (Å²) in [4.78, 5) is 8.37. The SMILES string of the molecule is Cc1ccccc1C1CC1Nc1ncccn1. The quantitative estimate of drug-likeness (QED) is 0.872. The summed E-state index contributed by atoms with van der Waals surface area (Å²) >= 11 is 0. The van der Waals surface area contributed by atoms with Crippen molar-refractivity contribution < 1.29 is 0 Å². The highest BCUT2D eigenvalue weighted by Gasteiger charge is 2.39. The van der Waals surface area contributed by atoms with Crippen molar-refractivity contribution >= 4 is 5.95 Å². The number of aryl methyl sites for hydroxylation is 1. The molecular formula is C14H15N3. The van der Waals surface area contributed by atoms with Gasteiger partial charge in [-0.2, -0.15) is 0 Å². The number of benzene rings is 1. The Bertz CT molecular complexity index is 510. The molecule has 0 radical (unpaired) electrons. The Kier molecular flexibility index (Phi) is 2.52. The Morgan fingerprint density at radius 3 is 2.65 bits per heavy atom. The van der Waals surface area contributed by atoms with E-state index in [2.05, 4.69) is 46.5 Å². The molecule has 1 heterocycles. The van der Waals surface area contributed by atoms with Gasteiger partial charge in [-0.15, -0.1) is 0 Å². The van der Waals surface area contributed by atoms with Crippen LogP contribution in [-0.2, 0) is 0 Å². The molecule has 2 aromatic rings. The Labute approximate surface area is 101 Å². The van der Waals surface area contributed by atoms with Gasteiger partial charge in [0, 0.05) is 24.4 Å². The summed E-state index contributed by atoms with van der Waals surface area (Å²) < 4.78 is 0. The third-order valence-electron chi connectivity index (χ3n) is 3.26. The van der Waals surface area contributed by atoms with Gasteiger partial charge in [-0.3, -0.25) is 0 Å². The van der Waals surface area contributed by atoms with Gasteiger partial charge in [0.25, 0.3) is 0 Å². The lowest BCUT2D eigenvalue weighted by molar-refractivity contribution is 0.993. The second-order valence-electron chi connectivity index (χ2n) is 4.52. The number of aromatic nitrogens is 2. The smallest absolute Gasteiger partial charge is 0.222 e. The van der Waals surface area contributed by atoms with E-state index in [4.69, 9.17) is 0 Å². The van der Waals surface area contributed by atoms with Crippen LogP contribution in [0.3, 0.4) is 0 Å². The Morgan fingerprint density at radius 1 is 1.12 bits per heavy atom. The van der Waals surface area contributed by atoms with Crippen LogP contribution in [0.5, 0.6) is 0 Å². The Hall–Kier alpha value is -1.90. The highest BCUT2D eigenvalue weighted by Crippen LogP contribution is 2.43. The lowest BCUT2D eigenvalue weighted by Crippen LogP contribution is -2.07. The van der Waals surface area contributed by atoms with Crippen molar-refractivity contribution in [1.29, 1.82) is 0 Å². The first-order valence-corrected chi connectivity index (χ1v) is 5.93. The average molecular weight is 225 g/mol. The van der Waals surface area contributed by atoms with Gasteiger partial charge >= 0.3 is 0 Å². The van der Waals surface area contributed by atoms with E-state index in [0.717, 1.165) is 5.95 Å². The van der Waals surface area contributed by atoms with Crippen molar-refractivity contribution in [2.75, 3.05) is 5.32 Å². The van der Waals surface area contributed by atoms with Crippen LogP contribution < -0.4 is 5.32 Å². The fraction of sp³-hybridized carbons (Fsp3) is 0.286. The molecule has 17 heavy (non-hydrogen) atoms. The van der Waals surface area contributed by atoms with E-state index >= 15 is 0 Å². The molecule has 1 aromatic heterocycles.